The number of hydrogen-bond donors (Lipinski definition) is 3. The van der Waals surface area contributed by atoms with Crippen molar-refractivity contribution in [3.8, 4) is 11.5 Å². The molecule has 180 valence electrons. The number of phenolic OH excluding ortho intramolecular Hbond substituents is 1. The average Bonchev–Trinajstić information content (AvgIpc) is 3.19. The van der Waals surface area contributed by atoms with E-state index in [1.165, 1.54) is 11.1 Å². The van der Waals surface area contributed by atoms with Crippen molar-refractivity contribution < 1.29 is 34.4 Å². The largest absolute Gasteiger partial charge is 0.504 e. The van der Waals surface area contributed by atoms with Crippen molar-refractivity contribution in [3.05, 3.63) is 48.1 Å². The first-order chi connectivity index (χ1) is 16.2. The van der Waals surface area contributed by atoms with Crippen molar-refractivity contribution in [2.45, 2.75) is 48.5 Å². The van der Waals surface area contributed by atoms with E-state index in [0.717, 1.165) is 32.4 Å². The molecule has 34 heavy (non-hydrogen) atoms. The fourth-order valence-electron chi connectivity index (χ4n) is 7.39. The maximum Gasteiger partial charge on any atom is 0.414 e. The van der Waals surface area contributed by atoms with Crippen molar-refractivity contribution in [1.82, 2.24) is 4.90 Å². The number of carboxylic acid groups (broad SMARTS) is 2. The maximum absolute atomic E-state index is 10.7. The first kappa shape index (κ1) is 22.9. The number of piperidine rings is 1. The lowest BCUT2D eigenvalue weighted by atomic mass is 9.38. The van der Waals surface area contributed by atoms with Gasteiger partial charge in [0.25, 0.3) is 0 Å². The Morgan fingerprint density at radius 1 is 1.35 bits per heavy atom. The molecule has 4 bridgehead atoms. The number of aliphatic carboxylic acids is 2. The molecule has 2 heterocycles. The van der Waals surface area contributed by atoms with Gasteiger partial charge in [-0.25, -0.2) is 14.0 Å². The number of ether oxygens (including phenoxy) is 2. The second-order valence-corrected chi connectivity index (χ2v) is 9.75. The monoisotopic (exact) mass is 486 g/mol. The van der Waals surface area contributed by atoms with Crippen molar-refractivity contribution in [2.24, 2.45) is 9.78 Å². The van der Waals surface area contributed by atoms with Crippen LogP contribution >= 0.6 is 0 Å². The molecule has 3 N–H and O–H groups in total. The Hall–Kier alpha value is -2.82. The molecule has 1 saturated carbocycles. The van der Waals surface area contributed by atoms with E-state index >= 15 is 0 Å². The zero-order chi connectivity index (χ0) is 24.5. The predicted octanol–water partition coefficient (Wildman–Crippen LogP) is 1.81. The van der Waals surface area contributed by atoms with E-state index in [4.69, 9.17) is 41.7 Å². The molecule has 0 amide bonds. The van der Waals surface area contributed by atoms with Gasteiger partial charge in [-0.15, -0.1) is 6.58 Å². The lowest BCUT2D eigenvalue weighted by Gasteiger charge is -2.70. The summed E-state index contributed by atoms with van der Waals surface area (Å²) in [6.07, 6.45) is 9.07. The number of benzene rings is 1. The molecule has 9 nitrogen and oxygen atoms in total. The summed E-state index contributed by atoms with van der Waals surface area (Å²) in [5.74, 6) is -2.77. The summed E-state index contributed by atoms with van der Waals surface area (Å²) in [5.41, 5.74) is 1.48. The van der Waals surface area contributed by atoms with Crippen molar-refractivity contribution in [3.63, 3.8) is 0 Å². The maximum atomic E-state index is 10.7. The Morgan fingerprint density at radius 3 is 2.71 bits per heavy atom. The number of fused-ring (bicyclic) bond motifs is 1. The highest BCUT2D eigenvalue weighted by molar-refractivity contribution is 7.47. The molecular weight excluding hydrogens is 460 g/mol. The van der Waals surface area contributed by atoms with E-state index in [0.29, 0.717) is 11.8 Å². The van der Waals surface area contributed by atoms with E-state index in [2.05, 4.69) is 34.1 Å². The summed E-state index contributed by atoms with van der Waals surface area (Å²) in [6.45, 7) is 5.84. The zero-order valence-corrected chi connectivity index (χ0v) is 19.5. The minimum absolute atomic E-state index is 0.127. The van der Waals surface area contributed by atoms with Gasteiger partial charge in [-0.1, -0.05) is 24.3 Å². The van der Waals surface area contributed by atoms with Crippen LogP contribution < -0.4 is 4.74 Å². The summed E-state index contributed by atoms with van der Waals surface area (Å²) in [7, 11) is 1.73. The normalized spacial score (nSPS) is 37.6. The minimum atomic E-state index is -1.82. The summed E-state index contributed by atoms with van der Waals surface area (Å²) in [4.78, 5) is 20.8. The second-order valence-electron chi connectivity index (χ2n) is 9.54. The Labute approximate surface area is 201 Å². The molecule has 6 atom stereocenters. The highest BCUT2D eigenvalue weighted by atomic mass is 32.1. The molecular formula is C24H26N2O7S. The number of carbonyl (C=O) groups is 2. The molecule has 10 heteroatoms. The van der Waals surface area contributed by atoms with Gasteiger partial charge in [0.1, 0.15) is 17.7 Å². The summed E-state index contributed by atoms with van der Waals surface area (Å²) >= 11 is 5.25. The number of phenols is 1. The van der Waals surface area contributed by atoms with Crippen LogP contribution in [0, 0.1) is 5.41 Å². The molecule has 4 aliphatic carbocycles. The molecule has 1 aromatic rings. The summed E-state index contributed by atoms with van der Waals surface area (Å²) < 4.78 is 17.1. The van der Waals surface area contributed by atoms with Gasteiger partial charge in [-0.3, -0.25) is 4.90 Å². The summed E-state index contributed by atoms with van der Waals surface area (Å²) in [6, 6.07) is 4.05. The van der Waals surface area contributed by atoms with Gasteiger partial charge in [0.05, 0.1) is 5.41 Å². The predicted molar refractivity (Wildman–Crippen MR) is 123 cm³/mol. The Balaban J connectivity index is 0.000000360. The SMILES string of the molecule is C=CCN1CC[C@]23c4c5ccc(O)c4O[C@H]2C2(OC)C=C[C@@]3(C[C@@H]2N=S)[C@H]1C5.O=C(O)C(=O)O. The fourth-order valence-corrected chi connectivity index (χ4v) is 7.63. The number of nitrogens with zero attached hydrogens (tertiary/aromatic N) is 2. The molecule has 1 saturated heterocycles. The highest BCUT2D eigenvalue weighted by Gasteiger charge is 2.79. The lowest BCUT2D eigenvalue weighted by Crippen LogP contribution is -2.80. The number of hydrogen-bond acceptors (Lipinski definition) is 8. The fraction of sp³-hybridized carbons (Fsp3) is 0.500. The van der Waals surface area contributed by atoms with E-state index in [-0.39, 0.29) is 28.7 Å². The second kappa shape index (κ2) is 7.59. The third-order valence-electron chi connectivity index (χ3n) is 8.56. The van der Waals surface area contributed by atoms with Gasteiger partial charge in [0, 0.05) is 43.1 Å². The van der Waals surface area contributed by atoms with Gasteiger partial charge in [-0.05, 0) is 37.4 Å². The standard InChI is InChI=1S/C22H24N2O3S.C2H2O4/c1-3-9-24-10-8-21-17-13-4-5-14(25)18(17)27-19(21)22(26-2)7-6-20(21,16(24)11-13)12-15(22)23-28;3-1(4)2(5)6/h3-7,15-16,19,25H,1,8-12H2,2H3;(H,3,4)(H,5,6)/t15-,16+,19+,20+,21-,22?;/m0./s1. The van der Waals surface area contributed by atoms with Crippen LogP contribution in [-0.2, 0) is 38.6 Å². The minimum Gasteiger partial charge on any atom is -0.504 e. The quantitative estimate of drug-likeness (QED) is 0.431. The Bertz CT molecular complexity index is 1130. The van der Waals surface area contributed by atoms with Crippen LogP contribution in [0.1, 0.15) is 24.0 Å². The zero-order valence-electron chi connectivity index (χ0n) is 18.6. The summed E-state index contributed by atoms with van der Waals surface area (Å²) in [5, 5.41) is 25.4. The third-order valence-corrected chi connectivity index (χ3v) is 8.81. The number of aromatic hydroxyl groups is 1. The molecule has 0 radical (unpaired) electrons. The van der Waals surface area contributed by atoms with Gasteiger partial charge in [-0.2, -0.15) is 0 Å². The first-order valence-corrected chi connectivity index (χ1v) is 11.5. The van der Waals surface area contributed by atoms with E-state index in [1.807, 2.05) is 6.08 Å². The molecule has 1 aromatic carbocycles. The van der Waals surface area contributed by atoms with Gasteiger partial charge in [0.2, 0.25) is 0 Å². The van der Waals surface area contributed by atoms with Gasteiger partial charge < -0.3 is 24.8 Å². The number of carboxylic acids is 2. The van der Waals surface area contributed by atoms with Crippen molar-refractivity contribution >= 4 is 24.4 Å². The Kier molecular flexibility index (Phi) is 5.12. The molecule has 0 aromatic heterocycles. The van der Waals surface area contributed by atoms with Gasteiger partial charge >= 0.3 is 11.9 Å². The van der Waals surface area contributed by atoms with Crippen molar-refractivity contribution in [2.75, 3.05) is 20.2 Å². The van der Waals surface area contributed by atoms with Crippen LogP contribution in [0.15, 0.2) is 41.3 Å². The van der Waals surface area contributed by atoms with Crippen molar-refractivity contribution in [1.29, 1.82) is 0 Å². The molecule has 1 unspecified atom stereocenters. The van der Waals surface area contributed by atoms with Crippen LogP contribution in [0.5, 0.6) is 11.5 Å². The topological polar surface area (TPSA) is 129 Å². The molecule has 2 spiro atoms. The smallest absolute Gasteiger partial charge is 0.414 e. The lowest BCUT2D eigenvalue weighted by molar-refractivity contribution is -0.195. The van der Waals surface area contributed by atoms with Crippen LogP contribution in [0.2, 0.25) is 0 Å². The molecule has 2 fully saturated rings. The molecule has 2 aliphatic heterocycles. The van der Waals surface area contributed by atoms with Crippen LogP contribution in [0.25, 0.3) is 0 Å². The van der Waals surface area contributed by atoms with Crippen LogP contribution in [0.3, 0.4) is 0 Å². The van der Waals surface area contributed by atoms with Crippen LogP contribution in [0.4, 0.5) is 0 Å². The number of rotatable bonds is 4. The average molecular weight is 487 g/mol. The third kappa shape index (κ3) is 2.56. The first-order valence-electron chi connectivity index (χ1n) is 11.1. The highest BCUT2D eigenvalue weighted by Crippen LogP contribution is 2.73. The van der Waals surface area contributed by atoms with E-state index in [1.54, 1.807) is 13.2 Å². The number of methoxy groups -OCH3 is 1. The molecule has 7 rings (SSSR count). The van der Waals surface area contributed by atoms with Crippen LogP contribution in [-0.4, -0.2) is 76.1 Å². The Morgan fingerprint density at radius 2 is 2.09 bits per heavy atom. The molecule has 6 aliphatic rings. The van der Waals surface area contributed by atoms with E-state index < -0.39 is 17.5 Å². The van der Waals surface area contributed by atoms with E-state index in [9.17, 15) is 5.11 Å². The van der Waals surface area contributed by atoms with Gasteiger partial charge in [0.15, 0.2) is 11.5 Å². The number of likely N-dealkylation sites (tertiary alicyclic amines) is 1.